The van der Waals surface area contributed by atoms with Crippen LogP contribution in [0.4, 0.5) is 10.1 Å². The summed E-state index contributed by atoms with van der Waals surface area (Å²) in [4.78, 5) is 3.70. The largest absolute Gasteiger partial charge is 0.205 e. The molecule has 0 unspecified atom stereocenters. The van der Waals surface area contributed by atoms with Crippen molar-refractivity contribution < 1.29 is 4.39 Å². The number of aliphatic imine (C=N–C) groups is 1. The molecule has 3 heteroatoms. The number of aryl methyl sites for hydroxylation is 3. The average Bonchev–Trinajstić information content (AvgIpc) is 2.63. The van der Waals surface area contributed by atoms with E-state index in [9.17, 15) is 4.39 Å². The Hall–Kier alpha value is -2.61. The van der Waals surface area contributed by atoms with E-state index in [0.29, 0.717) is 0 Å². The first-order chi connectivity index (χ1) is 12.2. The van der Waals surface area contributed by atoms with E-state index >= 15 is 0 Å². The summed E-state index contributed by atoms with van der Waals surface area (Å²) in [6.07, 6.45) is 2.00. The second kappa shape index (κ2) is 7.98. The summed E-state index contributed by atoms with van der Waals surface area (Å²) in [6, 6.07) is 21.8. The van der Waals surface area contributed by atoms with Crippen molar-refractivity contribution >= 4 is 23.1 Å². The third-order valence-electron chi connectivity index (χ3n) is 4.22. The lowest BCUT2D eigenvalue weighted by molar-refractivity contribution is 0.630. The molecule has 0 bridgehead atoms. The van der Waals surface area contributed by atoms with E-state index in [4.69, 9.17) is 0 Å². The molecule has 25 heavy (non-hydrogen) atoms. The van der Waals surface area contributed by atoms with Crippen LogP contribution < -0.4 is 0 Å². The Labute approximate surface area is 152 Å². The van der Waals surface area contributed by atoms with E-state index in [0.717, 1.165) is 24.0 Å². The minimum Gasteiger partial charge on any atom is -0.205 e. The van der Waals surface area contributed by atoms with E-state index in [1.165, 1.54) is 22.8 Å². The summed E-state index contributed by atoms with van der Waals surface area (Å²) < 4.78 is 14.0. The topological polar surface area (TPSA) is 12.4 Å². The Bertz CT molecular complexity index is 908. The molecule has 0 aromatic heterocycles. The summed E-state index contributed by atoms with van der Waals surface area (Å²) in [5.74, 6) is -0.390. The monoisotopic (exact) mass is 347 g/mol. The maximum absolute atomic E-state index is 14.0. The zero-order valence-electron chi connectivity index (χ0n) is 14.0. The first-order valence-electron chi connectivity index (χ1n) is 8.18. The van der Waals surface area contributed by atoms with Gasteiger partial charge in [-0.05, 0) is 66.4 Å². The molecule has 0 saturated heterocycles. The highest BCUT2D eigenvalue weighted by Gasteiger charge is 2.05. The summed E-state index contributed by atoms with van der Waals surface area (Å²) in [5, 5.41) is 2.19. The van der Waals surface area contributed by atoms with Gasteiger partial charge in [0.25, 0.3) is 0 Å². The summed E-state index contributed by atoms with van der Waals surface area (Å²) in [6.45, 7) is 2.10. The van der Waals surface area contributed by atoms with E-state index in [2.05, 4.69) is 65.7 Å². The molecule has 0 heterocycles. The van der Waals surface area contributed by atoms with E-state index in [-0.39, 0.29) is 5.69 Å². The molecule has 0 fully saturated rings. The Morgan fingerprint density at radius 2 is 1.40 bits per heavy atom. The van der Waals surface area contributed by atoms with Gasteiger partial charge >= 0.3 is 0 Å². The van der Waals surface area contributed by atoms with Gasteiger partial charge in [-0.2, -0.15) is 4.99 Å². The van der Waals surface area contributed by atoms with E-state index in [1.54, 1.807) is 6.07 Å². The second-order valence-electron chi connectivity index (χ2n) is 6.05. The molecule has 0 radical (unpaired) electrons. The first kappa shape index (κ1) is 17.2. The predicted molar refractivity (Wildman–Crippen MR) is 105 cm³/mol. The van der Waals surface area contributed by atoms with Crippen LogP contribution in [-0.4, -0.2) is 5.16 Å². The van der Waals surface area contributed by atoms with Crippen LogP contribution in [0.2, 0.25) is 0 Å². The van der Waals surface area contributed by atoms with Crippen LogP contribution in [0.1, 0.15) is 16.7 Å². The third-order valence-corrected chi connectivity index (χ3v) is 4.32. The number of hydrogen-bond donors (Lipinski definition) is 0. The molecule has 0 aliphatic carbocycles. The Morgan fingerprint density at radius 1 is 0.840 bits per heavy atom. The van der Waals surface area contributed by atoms with Crippen LogP contribution in [0.25, 0.3) is 11.1 Å². The molecule has 124 valence electrons. The highest BCUT2D eigenvalue weighted by Crippen LogP contribution is 2.26. The Balaban J connectivity index is 1.70. The molecule has 0 aliphatic heterocycles. The fourth-order valence-corrected chi connectivity index (χ4v) is 2.83. The van der Waals surface area contributed by atoms with Crippen molar-refractivity contribution in [1.82, 2.24) is 0 Å². The van der Waals surface area contributed by atoms with E-state index in [1.807, 2.05) is 18.2 Å². The van der Waals surface area contributed by atoms with Crippen LogP contribution in [0.3, 0.4) is 0 Å². The predicted octanol–water partition coefficient (Wildman–Crippen LogP) is 6.32. The maximum Gasteiger partial charge on any atom is 0.150 e. The minimum atomic E-state index is -0.390. The molecule has 1 nitrogen and oxygen atoms in total. The van der Waals surface area contributed by atoms with Crippen LogP contribution in [0.15, 0.2) is 71.7 Å². The molecule has 0 saturated carbocycles. The second-order valence-corrected chi connectivity index (χ2v) is 6.23. The summed E-state index contributed by atoms with van der Waals surface area (Å²) >= 11 is 4.52. The number of nitrogens with zero attached hydrogens (tertiary/aromatic N) is 1. The highest BCUT2D eigenvalue weighted by atomic mass is 32.1. The Morgan fingerprint density at radius 3 is 1.96 bits per heavy atom. The highest BCUT2D eigenvalue weighted by molar-refractivity contribution is 7.78. The van der Waals surface area contributed by atoms with Crippen molar-refractivity contribution in [3.8, 4) is 11.1 Å². The van der Waals surface area contributed by atoms with Gasteiger partial charge in [0.15, 0.2) is 0 Å². The van der Waals surface area contributed by atoms with Crippen molar-refractivity contribution in [3.63, 3.8) is 0 Å². The fraction of sp³-hybridized carbons (Fsp3) is 0.136. The fourth-order valence-electron chi connectivity index (χ4n) is 2.73. The molecular weight excluding hydrogens is 329 g/mol. The molecule has 0 spiro atoms. The lowest BCUT2D eigenvalue weighted by atomic mass is 10.00. The van der Waals surface area contributed by atoms with E-state index < -0.39 is 5.82 Å². The zero-order valence-corrected chi connectivity index (χ0v) is 14.8. The van der Waals surface area contributed by atoms with Crippen molar-refractivity contribution in [3.05, 3.63) is 89.2 Å². The summed E-state index contributed by atoms with van der Waals surface area (Å²) in [5.41, 5.74) is 5.91. The lowest BCUT2D eigenvalue weighted by Gasteiger charge is -2.06. The van der Waals surface area contributed by atoms with Crippen LogP contribution in [0.5, 0.6) is 0 Å². The standard InChI is InChI=1S/C22H18FNS/c1-16-2-4-17(5-3-16)6-7-18-8-10-19(11-9-18)20-12-13-22(24-15-25)21(23)14-20/h2-5,8-14H,6-7H2,1H3. The van der Waals surface area contributed by atoms with Crippen molar-refractivity contribution in [2.24, 2.45) is 4.99 Å². The number of benzene rings is 3. The zero-order chi connectivity index (χ0) is 17.6. The third kappa shape index (κ3) is 4.48. The summed E-state index contributed by atoms with van der Waals surface area (Å²) in [7, 11) is 0. The van der Waals surface area contributed by atoms with Gasteiger partial charge in [0.2, 0.25) is 0 Å². The van der Waals surface area contributed by atoms with Gasteiger partial charge in [0.1, 0.15) is 11.5 Å². The van der Waals surface area contributed by atoms with Crippen LogP contribution in [-0.2, 0) is 12.8 Å². The first-order valence-corrected chi connectivity index (χ1v) is 8.59. The normalized spacial score (nSPS) is 10.3. The minimum absolute atomic E-state index is 0.216. The number of thiocarbonyl (C=S) groups is 1. The molecule has 0 aliphatic rings. The van der Waals surface area contributed by atoms with Crippen molar-refractivity contribution in [1.29, 1.82) is 0 Å². The molecule has 0 N–H and O–H groups in total. The lowest BCUT2D eigenvalue weighted by Crippen LogP contribution is -1.91. The van der Waals surface area contributed by atoms with Crippen molar-refractivity contribution in [2.45, 2.75) is 19.8 Å². The number of halogens is 1. The van der Waals surface area contributed by atoms with Crippen LogP contribution >= 0.6 is 12.2 Å². The van der Waals surface area contributed by atoms with Gasteiger partial charge in [0.05, 0.1) is 5.16 Å². The van der Waals surface area contributed by atoms with Gasteiger partial charge in [-0.3, -0.25) is 0 Å². The van der Waals surface area contributed by atoms with Gasteiger partial charge in [-0.25, -0.2) is 4.39 Å². The molecule has 3 aromatic carbocycles. The quantitative estimate of drug-likeness (QED) is 0.388. The molecule has 3 rings (SSSR count). The van der Waals surface area contributed by atoms with Crippen molar-refractivity contribution in [2.75, 3.05) is 0 Å². The van der Waals surface area contributed by atoms with Crippen LogP contribution in [0, 0.1) is 12.7 Å². The van der Waals surface area contributed by atoms with Gasteiger partial charge in [0, 0.05) is 0 Å². The number of hydrogen-bond acceptors (Lipinski definition) is 2. The number of isothiocyanates is 1. The van der Waals surface area contributed by atoms with Gasteiger partial charge in [-0.1, -0.05) is 60.2 Å². The van der Waals surface area contributed by atoms with Gasteiger partial charge < -0.3 is 0 Å². The SMILES string of the molecule is Cc1ccc(CCc2ccc(-c3ccc(N=C=S)c(F)c3)cc2)cc1. The smallest absolute Gasteiger partial charge is 0.150 e. The molecule has 0 atom stereocenters. The number of rotatable bonds is 5. The van der Waals surface area contributed by atoms with Gasteiger partial charge in [-0.15, -0.1) is 0 Å². The maximum atomic E-state index is 14.0. The average molecular weight is 347 g/mol. The molecule has 0 amide bonds. The Kier molecular flexibility index (Phi) is 5.49. The molecule has 3 aromatic rings. The molecular formula is C22H18FNS.